The van der Waals surface area contributed by atoms with Gasteiger partial charge in [0.1, 0.15) is 13.1 Å². The third-order valence-electron chi connectivity index (χ3n) is 3.09. The fraction of sp³-hybridized carbons (Fsp3) is 0.286. The number of hydrogen-bond donors (Lipinski definition) is 0. The highest BCUT2D eigenvalue weighted by atomic mass is 16.5. The summed E-state index contributed by atoms with van der Waals surface area (Å²) in [6, 6.07) is 10.2. The SMILES string of the molecule is c1ccc(COCN2CCc3ncncc32)cc1. The van der Waals surface area contributed by atoms with Crippen molar-refractivity contribution in [1.29, 1.82) is 0 Å². The van der Waals surface area contributed by atoms with E-state index in [1.807, 2.05) is 24.4 Å². The van der Waals surface area contributed by atoms with Gasteiger partial charge in [-0.3, -0.25) is 0 Å². The van der Waals surface area contributed by atoms with Gasteiger partial charge in [0.15, 0.2) is 0 Å². The number of aromatic nitrogens is 2. The molecule has 0 N–H and O–H groups in total. The maximum absolute atomic E-state index is 5.73. The van der Waals surface area contributed by atoms with Crippen molar-refractivity contribution in [2.24, 2.45) is 0 Å². The average molecular weight is 241 g/mol. The van der Waals surface area contributed by atoms with E-state index in [1.165, 1.54) is 5.56 Å². The predicted molar refractivity (Wildman–Crippen MR) is 69.2 cm³/mol. The molecule has 0 spiro atoms. The van der Waals surface area contributed by atoms with Crippen molar-refractivity contribution >= 4 is 5.69 Å². The van der Waals surface area contributed by atoms with Crippen LogP contribution >= 0.6 is 0 Å². The minimum atomic E-state index is 0.593. The molecule has 0 saturated carbocycles. The first-order chi connectivity index (χ1) is 8.93. The van der Waals surface area contributed by atoms with Crippen LogP contribution in [0.3, 0.4) is 0 Å². The number of benzene rings is 1. The Morgan fingerprint density at radius 1 is 1.22 bits per heavy atom. The zero-order valence-electron chi connectivity index (χ0n) is 10.1. The number of ether oxygens (including phenoxy) is 1. The van der Waals surface area contributed by atoms with E-state index in [-0.39, 0.29) is 0 Å². The van der Waals surface area contributed by atoms with Crippen LogP contribution in [0.4, 0.5) is 5.69 Å². The second-order valence-electron chi connectivity index (χ2n) is 4.33. The molecule has 0 aliphatic carbocycles. The zero-order chi connectivity index (χ0) is 12.2. The summed E-state index contributed by atoms with van der Waals surface area (Å²) in [4.78, 5) is 10.5. The molecule has 1 aromatic carbocycles. The largest absolute Gasteiger partial charge is 0.356 e. The summed E-state index contributed by atoms with van der Waals surface area (Å²) >= 11 is 0. The first-order valence-electron chi connectivity index (χ1n) is 6.09. The van der Waals surface area contributed by atoms with Crippen LogP contribution in [0.5, 0.6) is 0 Å². The smallest absolute Gasteiger partial charge is 0.119 e. The Morgan fingerprint density at radius 2 is 2.11 bits per heavy atom. The Morgan fingerprint density at radius 3 is 3.00 bits per heavy atom. The summed E-state index contributed by atoms with van der Waals surface area (Å²) in [7, 11) is 0. The summed E-state index contributed by atoms with van der Waals surface area (Å²) in [5, 5.41) is 0. The van der Waals surface area contributed by atoms with Gasteiger partial charge in [-0.2, -0.15) is 0 Å². The van der Waals surface area contributed by atoms with Crippen molar-refractivity contribution < 1.29 is 4.74 Å². The Labute approximate surface area is 106 Å². The molecule has 3 rings (SSSR count). The Balaban J connectivity index is 1.56. The van der Waals surface area contributed by atoms with Crippen LogP contribution in [0.2, 0.25) is 0 Å². The van der Waals surface area contributed by atoms with Crippen molar-refractivity contribution in [2.75, 3.05) is 18.2 Å². The van der Waals surface area contributed by atoms with Crippen LogP contribution in [0.25, 0.3) is 0 Å². The Kier molecular flexibility index (Phi) is 3.19. The number of rotatable bonds is 4. The molecule has 92 valence electrons. The van der Waals surface area contributed by atoms with E-state index >= 15 is 0 Å². The average Bonchev–Trinajstić information content (AvgIpc) is 2.84. The molecule has 2 aromatic rings. The van der Waals surface area contributed by atoms with E-state index in [4.69, 9.17) is 4.74 Å². The van der Waals surface area contributed by atoms with Crippen molar-refractivity contribution in [3.05, 3.63) is 54.1 Å². The van der Waals surface area contributed by atoms with Gasteiger partial charge in [0.2, 0.25) is 0 Å². The molecule has 0 unspecified atom stereocenters. The van der Waals surface area contributed by atoms with E-state index in [2.05, 4.69) is 27.0 Å². The third kappa shape index (κ3) is 2.33. The molecule has 4 nitrogen and oxygen atoms in total. The van der Waals surface area contributed by atoms with Gasteiger partial charge < -0.3 is 9.64 Å². The molecule has 0 bridgehead atoms. The molecule has 0 fully saturated rings. The monoisotopic (exact) mass is 241 g/mol. The number of fused-ring (bicyclic) bond motifs is 1. The van der Waals surface area contributed by atoms with Gasteiger partial charge >= 0.3 is 0 Å². The summed E-state index contributed by atoms with van der Waals surface area (Å²) in [6.07, 6.45) is 4.45. The predicted octanol–water partition coefficient (Wildman–Crippen LogP) is 2.01. The van der Waals surface area contributed by atoms with E-state index in [1.54, 1.807) is 6.33 Å². The molecule has 0 amide bonds. The van der Waals surface area contributed by atoms with Crippen LogP contribution < -0.4 is 4.90 Å². The zero-order valence-corrected chi connectivity index (χ0v) is 10.1. The van der Waals surface area contributed by atoms with Crippen molar-refractivity contribution in [2.45, 2.75) is 13.0 Å². The topological polar surface area (TPSA) is 38.2 Å². The molecular formula is C14H15N3O. The molecule has 2 heterocycles. The van der Waals surface area contributed by atoms with E-state index in [0.29, 0.717) is 13.3 Å². The van der Waals surface area contributed by atoms with E-state index < -0.39 is 0 Å². The first kappa shape index (κ1) is 11.2. The fourth-order valence-corrected chi connectivity index (χ4v) is 2.15. The van der Waals surface area contributed by atoms with Crippen molar-refractivity contribution in [3.63, 3.8) is 0 Å². The van der Waals surface area contributed by atoms with Gasteiger partial charge in [0.25, 0.3) is 0 Å². The second kappa shape index (κ2) is 5.14. The van der Waals surface area contributed by atoms with Gasteiger partial charge in [-0.25, -0.2) is 9.97 Å². The highest BCUT2D eigenvalue weighted by Crippen LogP contribution is 2.24. The Bertz CT molecular complexity index is 515. The first-order valence-corrected chi connectivity index (χ1v) is 6.09. The molecule has 4 heteroatoms. The quantitative estimate of drug-likeness (QED) is 0.820. The molecule has 1 aliphatic rings. The summed E-state index contributed by atoms with van der Waals surface area (Å²) < 4.78 is 5.73. The van der Waals surface area contributed by atoms with Crippen molar-refractivity contribution in [3.8, 4) is 0 Å². The van der Waals surface area contributed by atoms with Gasteiger partial charge in [-0.05, 0) is 5.56 Å². The molecule has 0 radical (unpaired) electrons. The van der Waals surface area contributed by atoms with Gasteiger partial charge in [-0.1, -0.05) is 30.3 Å². The maximum atomic E-state index is 5.73. The van der Waals surface area contributed by atoms with E-state index in [9.17, 15) is 0 Å². The number of nitrogens with zero attached hydrogens (tertiary/aromatic N) is 3. The van der Waals surface area contributed by atoms with Crippen LogP contribution in [-0.4, -0.2) is 23.2 Å². The highest BCUT2D eigenvalue weighted by molar-refractivity contribution is 5.52. The number of anilines is 1. The third-order valence-corrected chi connectivity index (χ3v) is 3.09. The van der Waals surface area contributed by atoms with Crippen LogP contribution in [0.1, 0.15) is 11.3 Å². The lowest BCUT2D eigenvalue weighted by Gasteiger charge is -2.18. The molecule has 0 atom stereocenters. The fourth-order valence-electron chi connectivity index (χ4n) is 2.15. The van der Waals surface area contributed by atoms with Crippen LogP contribution in [0, 0.1) is 0 Å². The minimum Gasteiger partial charge on any atom is -0.356 e. The summed E-state index contributed by atoms with van der Waals surface area (Å²) in [5.41, 5.74) is 3.42. The minimum absolute atomic E-state index is 0.593. The number of hydrogen-bond acceptors (Lipinski definition) is 4. The standard InChI is InChI=1S/C14H15N3O/c1-2-4-12(5-3-1)9-18-11-17-7-6-13-14(17)8-15-10-16-13/h1-5,8,10H,6-7,9,11H2. The van der Waals surface area contributed by atoms with Gasteiger partial charge in [0.05, 0.1) is 24.2 Å². The molecule has 1 aromatic heterocycles. The van der Waals surface area contributed by atoms with Crippen LogP contribution in [-0.2, 0) is 17.8 Å². The highest BCUT2D eigenvalue weighted by Gasteiger charge is 2.19. The normalized spacial score (nSPS) is 13.7. The molecule has 0 saturated heterocycles. The van der Waals surface area contributed by atoms with Gasteiger partial charge in [-0.15, -0.1) is 0 Å². The van der Waals surface area contributed by atoms with Crippen LogP contribution in [0.15, 0.2) is 42.9 Å². The van der Waals surface area contributed by atoms with Gasteiger partial charge in [0, 0.05) is 13.0 Å². The maximum Gasteiger partial charge on any atom is 0.119 e. The second-order valence-corrected chi connectivity index (χ2v) is 4.33. The molecule has 18 heavy (non-hydrogen) atoms. The van der Waals surface area contributed by atoms with E-state index in [0.717, 1.165) is 24.3 Å². The lowest BCUT2D eigenvalue weighted by molar-refractivity contribution is 0.122. The lowest BCUT2D eigenvalue weighted by atomic mass is 10.2. The molecule has 1 aliphatic heterocycles. The summed E-state index contributed by atoms with van der Waals surface area (Å²) in [5.74, 6) is 0. The molecular weight excluding hydrogens is 226 g/mol. The van der Waals surface area contributed by atoms with Crippen molar-refractivity contribution in [1.82, 2.24) is 9.97 Å². The lowest BCUT2D eigenvalue weighted by Crippen LogP contribution is -2.23. The summed E-state index contributed by atoms with van der Waals surface area (Å²) in [6.45, 7) is 2.19. The Hall–Kier alpha value is -1.94.